The number of rotatable bonds is 3. The monoisotopic (exact) mass is 330 g/mol. The molecule has 24 heavy (non-hydrogen) atoms. The molecule has 0 aliphatic carbocycles. The van der Waals surface area contributed by atoms with Crippen LogP contribution >= 0.6 is 0 Å². The highest BCUT2D eigenvalue weighted by Crippen LogP contribution is 2.35. The van der Waals surface area contributed by atoms with Gasteiger partial charge in [-0.1, -0.05) is 0 Å². The fourth-order valence-corrected chi connectivity index (χ4v) is 3.14. The molecule has 0 saturated heterocycles. The predicted octanol–water partition coefficient (Wildman–Crippen LogP) is 0.943. The number of anilines is 1. The number of nitro benzene ring substituents is 1. The van der Waals surface area contributed by atoms with E-state index in [1.807, 2.05) is 6.92 Å². The predicted molar refractivity (Wildman–Crippen MR) is 89.4 cm³/mol. The van der Waals surface area contributed by atoms with Gasteiger partial charge in [0.25, 0.3) is 11.2 Å². The average molecular weight is 330 g/mol. The van der Waals surface area contributed by atoms with Crippen molar-refractivity contribution in [3.8, 4) is 0 Å². The molecule has 0 bridgehead atoms. The second kappa shape index (κ2) is 5.63. The van der Waals surface area contributed by atoms with E-state index in [1.54, 1.807) is 19.2 Å². The van der Waals surface area contributed by atoms with Crippen molar-refractivity contribution in [1.82, 2.24) is 9.13 Å². The molecule has 126 valence electrons. The van der Waals surface area contributed by atoms with Crippen molar-refractivity contribution in [2.75, 3.05) is 4.90 Å². The van der Waals surface area contributed by atoms with Crippen LogP contribution < -0.4 is 16.1 Å². The van der Waals surface area contributed by atoms with Gasteiger partial charge in [-0.2, -0.15) is 0 Å². The van der Waals surface area contributed by atoms with Gasteiger partial charge in [-0.05, 0) is 25.0 Å². The maximum atomic E-state index is 12.1. The molecule has 2 heterocycles. The van der Waals surface area contributed by atoms with Gasteiger partial charge in [0.2, 0.25) is 0 Å². The molecule has 1 aliphatic heterocycles. The molecule has 0 spiro atoms. The van der Waals surface area contributed by atoms with Crippen LogP contribution in [0.4, 0.5) is 11.4 Å². The van der Waals surface area contributed by atoms with E-state index in [0.717, 1.165) is 15.8 Å². The van der Waals surface area contributed by atoms with Crippen LogP contribution in [0.1, 0.15) is 18.2 Å². The van der Waals surface area contributed by atoms with E-state index in [9.17, 15) is 19.7 Å². The minimum absolute atomic E-state index is 0.0729. The fourth-order valence-electron chi connectivity index (χ4n) is 3.14. The van der Waals surface area contributed by atoms with E-state index in [4.69, 9.17) is 0 Å². The molecule has 1 atom stereocenters. The zero-order valence-corrected chi connectivity index (χ0v) is 13.7. The summed E-state index contributed by atoms with van der Waals surface area (Å²) >= 11 is 0. The SMILES string of the molecule is CC1Cc2cc([N+](=O)[O-])ccc2N1Cc1cc(=O)n(C)c(=O)n1C. The molecule has 1 aromatic carbocycles. The fraction of sp³-hybridized carbons (Fsp3) is 0.375. The molecule has 3 rings (SSSR count). The lowest BCUT2D eigenvalue weighted by Crippen LogP contribution is -2.40. The van der Waals surface area contributed by atoms with Crippen LogP contribution in [-0.2, 0) is 27.1 Å². The van der Waals surface area contributed by atoms with Crippen LogP contribution in [0.3, 0.4) is 0 Å². The van der Waals surface area contributed by atoms with Crippen molar-refractivity contribution < 1.29 is 4.92 Å². The molecule has 0 saturated carbocycles. The summed E-state index contributed by atoms with van der Waals surface area (Å²) in [6.07, 6.45) is 0.690. The normalized spacial score (nSPS) is 16.3. The number of hydrogen-bond donors (Lipinski definition) is 0. The van der Waals surface area contributed by atoms with Gasteiger partial charge in [-0.3, -0.25) is 24.0 Å². The molecule has 1 aromatic heterocycles. The van der Waals surface area contributed by atoms with Crippen molar-refractivity contribution in [1.29, 1.82) is 0 Å². The first-order valence-electron chi connectivity index (χ1n) is 7.59. The van der Waals surface area contributed by atoms with Gasteiger partial charge < -0.3 is 4.90 Å². The zero-order valence-electron chi connectivity index (χ0n) is 13.7. The van der Waals surface area contributed by atoms with Crippen LogP contribution in [0.2, 0.25) is 0 Å². The summed E-state index contributed by atoms with van der Waals surface area (Å²) in [6, 6.07) is 6.39. The van der Waals surface area contributed by atoms with Crippen molar-refractivity contribution in [3.63, 3.8) is 0 Å². The van der Waals surface area contributed by atoms with Crippen molar-refractivity contribution in [3.05, 3.63) is 66.5 Å². The number of nitro groups is 1. The van der Waals surface area contributed by atoms with E-state index in [-0.39, 0.29) is 23.0 Å². The molecular weight excluding hydrogens is 312 g/mol. The Kier molecular flexibility index (Phi) is 3.75. The molecule has 1 aliphatic rings. The van der Waals surface area contributed by atoms with Crippen LogP contribution in [0.15, 0.2) is 33.9 Å². The third-order valence-electron chi connectivity index (χ3n) is 4.59. The molecule has 8 nitrogen and oxygen atoms in total. The molecule has 2 aromatic rings. The highest BCUT2D eigenvalue weighted by molar-refractivity contribution is 5.62. The van der Waals surface area contributed by atoms with Gasteiger partial charge >= 0.3 is 5.69 Å². The zero-order chi connectivity index (χ0) is 17.6. The van der Waals surface area contributed by atoms with Gasteiger partial charge in [0.1, 0.15) is 0 Å². The maximum Gasteiger partial charge on any atom is 0.330 e. The van der Waals surface area contributed by atoms with Crippen LogP contribution in [0.25, 0.3) is 0 Å². The van der Waals surface area contributed by atoms with Gasteiger partial charge in [0.15, 0.2) is 0 Å². The molecule has 0 radical (unpaired) electrons. The number of hydrogen-bond acceptors (Lipinski definition) is 5. The standard InChI is InChI=1S/C16H18N4O4/c1-10-6-11-7-12(20(23)24)4-5-14(11)19(10)9-13-8-15(21)18(3)16(22)17(13)2/h4-5,7-8,10H,6,9H2,1-3H3. The lowest BCUT2D eigenvalue weighted by molar-refractivity contribution is -0.384. The maximum absolute atomic E-state index is 12.1. The molecular formula is C16H18N4O4. The second-order valence-electron chi connectivity index (χ2n) is 6.13. The number of fused-ring (bicyclic) bond motifs is 1. The third-order valence-corrected chi connectivity index (χ3v) is 4.59. The Balaban J connectivity index is 2.00. The quantitative estimate of drug-likeness (QED) is 0.617. The van der Waals surface area contributed by atoms with E-state index in [2.05, 4.69) is 4.90 Å². The molecule has 0 amide bonds. The summed E-state index contributed by atoms with van der Waals surface area (Å²) in [5, 5.41) is 10.9. The summed E-state index contributed by atoms with van der Waals surface area (Å²) in [7, 11) is 3.08. The summed E-state index contributed by atoms with van der Waals surface area (Å²) in [5.74, 6) is 0. The topological polar surface area (TPSA) is 90.4 Å². The van der Waals surface area contributed by atoms with E-state index >= 15 is 0 Å². The van der Waals surface area contributed by atoms with E-state index < -0.39 is 4.92 Å². The number of nitrogens with zero attached hydrogens (tertiary/aromatic N) is 4. The van der Waals surface area contributed by atoms with E-state index in [0.29, 0.717) is 18.7 Å². The minimum atomic E-state index is -0.405. The highest BCUT2D eigenvalue weighted by atomic mass is 16.6. The van der Waals surface area contributed by atoms with Gasteiger partial charge in [0.05, 0.1) is 11.5 Å². The van der Waals surface area contributed by atoms with Gasteiger partial charge in [-0.15, -0.1) is 0 Å². The minimum Gasteiger partial charge on any atom is -0.362 e. The summed E-state index contributed by atoms with van der Waals surface area (Å²) < 4.78 is 2.52. The van der Waals surface area contributed by atoms with Crippen molar-refractivity contribution in [2.24, 2.45) is 14.1 Å². The van der Waals surface area contributed by atoms with Crippen molar-refractivity contribution >= 4 is 11.4 Å². The Morgan fingerprint density at radius 3 is 2.58 bits per heavy atom. The largest absolute Gasteiger partial charge is 0.362 e. The Labute approximate surface area is 137 Å². The van der Waals surface area contributed by atoms with E-state index in [1.165, 1.54) is 23.7 Å². The summed E-state index contributed by atoms with van der Waals surface area (Å²) in [5.41, 5.74) is 1.79. The lowest BCUT2D eigenvalue weighted by Gasteiger charge is -2.25. The van der Waals surface area contributed by atoms with Gasteiger partial charge in [-0.25, -0.2) is 4.79 Å². The summed E-state index contributed by atoms with van der Waals surface area (Å²) in [4.78, 5) is 36.5. The van der Waals surface area contributed by atoms with Crippen molar-refractivity contribution in [2.45, 2.75) is 25.9 Å². The molecule has 8 heteroatoms. The second-order valence-corrected chi connectivity index (χ2v) is 6.13. The Bertz CT molecular complexity index is 944. The number of benzene rings is 1. The Hall–Kier alpha value is -2.90. The Morgan fingerprint density at radius 1 is 1.21 bits per heavy atom. The first-order chi connectivity index (χ1) is 11.3. The third kappa shape index (κ3) is 2.49. The smallest absolute Gasteiger partial charge is 0.330 e. The average Bonchev–Trinajstić information content (AvgIpc) is 2.85. The lowest BCUT2D eigenvalue weighted by atomic mass is 10.1. The summed E-state index contributed by atoms with van der Waals surface area (Å²) in [6.45, 7) is 2.42. The molecule has 0 fully saturated rings. The first-order valence-corrected chi connectivity index (χ1v) is 7.59. The first kappa shape index (κ1) is 16.0. The number of aromatic nitrogens is 2. The highest BCUT2D eigenvalue weighted by Gasteiger charge is 2.28. The van der Waals surface area contributed by atoms with Gasteiger partial charge in [0, 0.05) is 49.7 Å². The van der Waals surface area contributed by atoms with Crippen LogP contribution in [0.5, 0.6) is 0 Å². The van der Waals surface area contributed by atoms with Crippen LogP contribution in [0, 0.1) is 10.1 Å². The molecule has 0 N–H and O–H groups in total. The Morgan fingerprint density at radius 2 is 1.92 bits per heavy atom. The molecule has 1 unspecified atom stereocenters. The van der Waals surface area contributed by atoms with Crippen LogP contribution in [-0.4, -0.2) is 20.1 Å². The number of non-ortho nitro benzene ring substituents is 1.